The molecular formula is C12H18N6O. The average molecular weight is 262 g/mol. The van der Waals surface area contributed by atoms with E-state index in [2.05, 4.69) is 15.5 Å². The van der Waals surface area contributed by atoms with E-state index >= 15 is 0 Å². The lowest BCUT2D eigenvalue weighted by Crippen LogP contribution is -2.19. The maximum atomic E-state index is 12.3. The molecule has 1 amide bonds. The Balaban J connectivity index is 2.33. The molecule has 0 atom stereocenters. The number of nitrogen functional groups attached to an aromatic ring is 1. The van der Waals surface area contributed by atoms with Crippen LogP contribution in [0.2, 0.25) is 0 Å². The van der Waals surface area contributed by atoms with Gasteiger partial charge in [0.15, 0.2) is 0 Å². The Bertz CT molecular complexity index is 624. The van der Waals surface area contributed by atoms with Gasteiger partial charge in [-0.15, -0.1) is 0 Å². The highest BCUT2D eigenvalue weighted by molar-refractivity contribution is 6.06. The van der Waals surface area contributed by atoms with E-state index in [4.69, 9.17) is 5.73 Å². The van der Waals surface area contributed by atoms with Gasteiger partial charge >= 0.3 is 0 Å². The lowest BCUT2D eigenvalue weighted by atomic mass is 10.3. The van der Waals surface area contributed by atoms with Gasteiger partial charge in [0.2, 0.25) is 0 Å². The van der Waals surface area contributed by atoms with Gasteiger partial charge in [-0.3, -0.25) is 14.2 Å². The third-order valence-corrected chi connectivity index (χ3v) is 3.13. The van der Waals surface area contributed by atoms with Gasteiger partial charge in [-0.25, -0.2) is 0 Å². The molecule has 0 unspecified atom stereocenters. The summed E-state index contributed by atoms with van der Waals surface area (Å²) in [4.78, 5) is 12.3. The molecule has 7 heteroatoms. The molecule has 0 bridgehead atoms. The number of anilines is 2. The molecule has 3 N–H and O–H groups in total. The minimum absolute atomic E-state index is 0.268. The van der Waals surface area contributed by atoms with Crippen molar-refractivity contribution in [2.75, 3.05) is 11.1 Å². The number of hydrogen-bond acceptors (Lipinski definition) is 4. The number of rotatable bonds is 3. The molecule has 0 aliphatic heterocycles. The molecule has 0 aromatic carbocycles. The summed E-state index contributed by atoms with van der Waals surface area (Å²) in [5, 5.41) is 11.2. The maximum Gasteiger partial charge on any atom is 0.276 e. The van der Waals surface area contributed by atoms with Crippen LogP contribution in [0.25, 0.3) is 0 Å². The topological polar surface area (TPSA) is 90.8 Å². The van der Waals surface area contributed by atoms with Crippen molar-refractivity contribution in [3.8, 4) is 0 Å². The van der Waals surface area contributed by atoms with E-state index in [0.717, 1.165) is 17.1 Å². The third kappa shape index (κ3) is 2.18. The molecule has 102 valence electrons. The number of amides is 1. The summed E-state index contributed by atoms with van der Waals surface area (Å²) in [7, 11) is 1.84. The van der Waals surface area contributed by atoms with Crippen LogP contribution in [0.15, 0.2) is 6.20 Å². The van der Waals surface area contributed by atoms with Gasteiger partial charge in [-0.1, -0.05) is 0 Å². The van der Waals surface area contributed by atoms with Gasteiger partial charge < -0.3 is 11.1 Å². The summed E-state index contributed by atoms with van der Waals surface area (Å²) in [6.07, 6.45) is 1.49. The summed E-state index contributed by atoms with van der Waals surface area (Å²) in [5.41, 5.74) is 8.93. The van der Waals surface area contributed by atoms with E-state index in [1.165, 1.54) is 6.20 Å². The van der Waals surface area contributed by atoms with Crippen molar-refractivity contribution in [2.24, 2.45) is 7.05 Å². The number of nitrogens with two attached hydrogens (primary N) is 1. The molecule has 0 aliphatic rings. The van der Waals surface area contributed by atoms with Gasteiger partial charge in [-0.05, 0) is 20.8 Å². The van der Waals surface area contributed by atoms with E-state index in [-0.39, 0.29) is 5.91 Å². The smallest absolute Gasteiger partial charge is 0.276 e. The number of nitrogens with zero attached hydrogens (tertiary/aromatic N) is 4. The van der Waals surface area contributed by atoms with Crippen molar-refractivity contribution in [3.05, 3.63) is 23.3 Å². The maximum absolute atomic E-state index is 12.3. The third-order valence-electron chi connectivity index (χ3n) is 3.13. The number of carbonyl (C=O) groups is 1. The molecule has 0 aliphatic carbocycles. The van der Waals surface area contributed by atoms with Gasteiger partial charge in [0.25, 0.3) is 5.91 Å². The van der Waals surface area contributed by atoms with Crippen LogP contribution in [0.3, 0.4) is 0 Å². The Hall–Kier alpha value is -2.31. The molecule has 2 heterocycles. The minimum atomic E-state index is -0.268. The molecule has 0 fully saturated rings. The van der Waals surface area contributed by atoms with Crippen molar-refractivity contribution in [2.45, 2.75) is 27.3 Å². The fourth-order valence-corrected chi connectivity index (χ4v) is 2.02. The summed E-state index contributed by atoms with van der Waals surface area (Å²) < 4.78 is 3.30. The molecule has 0 saturated carbocycles. The monoisotopic (exact) mass is 262 g/mol. The largest absolute Gasteiger partial charge is 0.396 e. The summed E-state index contributed by atoms with van der Waals surface area (Å²) in [5.74, 6) is -0.268. The predicted octanol–water partition coefficient (Wildman–Crippen LogP) is 1.09. The number of carbonyl (C=O) groups excluding carboxylic acids is 1. The van der Waals surface area contributed by atoms with Crippen molar-refractivity contribution in [3.63, 3.8) is 0 Å². The van der Waals surface area contributed by atoms with Crippen molar-refractivity contribution in [1.29, 1.82) is 0 Å². The molecule has 0 radical (unpaired) electrons. The summed E-state index contributed by atoms with van der Waals surface area (Å²) in [6, 6.07) is 0. The van der Waals surface area contributed by atoms with Crippen LogP contribution in [0, 0.1) is 13.8 Å². The molecule has 2 rings (SSSR count). The second kappa shape index (κ2) is 4.75. The normalized spacial score (nSPS) is 10.7. The lowest BCUT2D eigenvalue weighted by molar-refractivity contribution is 0.101. The van der Waals surface area contributed by atoms with Crippen LogP contribution in [-0.2, 0) is 13.6 Å². The number of nitrogens with one attached hydrogen (secondary N) is 1. The van der Waals surface area contributed by atoms with Crippen LogP contribution >= 0.6 is 0 Å². The molecule has 0 saturated heterocycles. The highest BCUT2D eigenvalue weighted by Crippen LogP contribution is 2.20. The Kier molecular flexibility index (Phi) is 3.28. The van der Waals surface area contributed by atoms with Crippen molar-refractivity contribution >= 4 is 17.3 Å². The first-order valence-electron chi connectivity index (χ1n) is 6.08. The Labute approximate surface area is 111 Å². The minimum Gasteiger partial charge on any atom is -0.396 e. The zero-order valence-corrected chi connectivity index (χ0v) is 11.6. The van der Waals surface area contributed by atoms with E-state index in [0.29, 0.717) is 17.9 Å². The average Bonchev–Trinajstić information content (AvgIpc) is 2.85. The Morgan fingerprint density at radius 3 is 2.68 bits per heavy atom. The molecule has 2 aromatic rings. The lowest BCUT2D eigenvalue weighted by Gasteiger charge is -2.08. The number of aromatic nitrogens is 4. The van der Waals surface area contributed by atoms with E-state index in [9.17, 15) is 4.79 Å². The number of hydrogen-bond donors (Lipinski definition) is 2. The molecule has 7 nitrogen and oxygen atoms in total. The predicted molar refractivity (Wildman–Crippen MR) is 72.9 cm³/mol. The summed E-state index contributed by atoms with van der Waals surface area (Å²) >= 11 is 0. The van der Waals surface area contributed by atoms with Crippen LogP contribution in [-0.4, -0.2) is 25.5 Å². The van der Waals surface area contributed by atoms with Gasteiger partial charge in [0.05, 0.1) is 29.0 Å². The standard InChI is InChI=1S/C12H18N6O/c1-5-18-11(9(13)6-14-18)12(19)15-10-7(2)16-17(4)8(10)3/h6H,5,13H2,1-4H3,(H,15,19). The summed E-state index contributed by atoms with van der Waals surface area (Å²) in [6.45, 7) is 6.24. The first kappa shape index (κ1) is 13.1. The fraction of sp³-hybridized carbons (Fsp3) is 0.417. The zero-order valence-electron chi connectivity index (χ0n) is 11.6. The quantitative estimate of drug-likeness (QED) is 0.866. The second-order valence-corrected chi connectivity index (χ2v) is 4.39. The molecule has 2 aromatic heterocycles. The van der Waals surface area contributed by atoms with Gasteiger partial charge in [0.1, 0.15) is 5.69 Å². The van der Waals surface area contributed by atoms with Crippen molar-refractivity contribution < 1.29 is 4.79 Å². The number of aryl methyl sites for hydroxylation is 3. The van der Waals surface area contributed by atoms with E-state index in [1.807, 2.05) is 27.8 Å². The van der Waals surface area contributed by atoms with Crippen LogP contribution in [0.1, 0.15) is 28.8 Å². The van der Waals surface area contributed by atoms with Crippen LogP contribution in [0.5, 0.6) is 0 Å². The SMILES string of the molecule is CCn1ncc(N)c1C(=O)Nc1c(C)nn(C)c1C. The Morgan fingerprint density at radius 1 is 1.47 bits per heavy atom. The highest BCUT2D eigenvalue weighted by atomic mass is 16.2. The first-order chi connectivity index (χ1) is 8.95. The van der Waals surface area contributed by atoms with Crippen LogP contribution in [0.4, 0.5) is 11.4 Å². The van der Waals surface area contributed by atoms with Gasteiger partial charge in [0, 0.05) is 13.6 Å². The van der Waals surface area contributed by atoms with Gasteiger partial charge in [-0.2, -0.15) is 10.2 Å². The highest BCUT2D eigenvalue weighted by Gasteiger charge is 2.19. The van der Waals surface area contributed by atoms with E-state index in [1.54, 1.807) is 9.36 Å². The fourth-order valence-electron chi connectivity index (χ4n) is 2.02. The molecule has 19 heavy (non-hydrogen) atoms. The second-order valence-electron chi connectivity index (χ2n) is 4.39. The molecule has 0 spiro atoms. The zero-order chi connectivity index (χ0) is 14.2. The van der Waals surface area contributed by atoms with Crippen LogP contribution < -0.4 is 11.1 Å². The molecular weight excluding hydrogens is 244 g/mol. The first-order valence-corrected chi connectivity index (χ1v) is 6.08. The Morgan fingerprint density at radius 2 is 2.16 bits per heavy atom. The van der Waals surface area contributed by atoms with Crippen molar-refractivity contribution in [1.82, 2.24) is 19.6 Å². The van der Waals surface area contributed by atoms with E-state index < -0.39 is 0 Å².